The Morgan fingerprint density at radius 3 is 2.31 bits per heavy atom. The molecule has 2 aromatic rings. The van der Waals surface area contributed by atoms with Crippen molar-refractivity contribution in [3.8, 4) is 11.5 Å². The first kappa shape index (κ1) is 20.9. The number of rotatable bonds is 5. The van der Waals surface area contributed by atoms with Gasteiger partial charge in [-0.05, 0) is 74.8 Å². The quantitative estimate of drug-likeness (QED) is 0.716. The standard InChI is InChI=1S/C22H27N3O3S/c1-15-6-4-5-11-25(15)18-9-7-17(8-10-18)23-22(29)24-21(26)16-12-19(27-2)14-20(13-16)28-3/h7-10,12-15H,4-6,11H2,1-3H3,(H2,23,24,26,29). The third-order valence-electron chi connectivity index (χ3n) is 5.10. The van der Waals surface area contributed by atoms with E-state index in [1.54, 1.807) is 18.2 Å². The molecule has 0 aliphatic carbocycles. The number of anilines is 2. The Bertz CT molecular complexity index is 848. The number of ether oxygens (including phenoxy) is 2. The molecular formula is C22H27N3O3S. The number of amides is 1. The number of nitrogens with one attached hydrogen (secondary N) is 2. The van der Waals surface area contributed by atoms with Crippen LogP contribution in [-0.2, 0) is 0 Å². The van der Waals surface area contributed by atoms with Gasteiger partial charge < -0.3 is 19.7 Å². The Labute approximate surface area is 177 Å². The maximum absolute atomic E-state index is 12.5. The molecule has 0 saturated carbocycles. The number of piperidine rings is 1. The zero-order chi connectivity index (χ0) is 20.8. The molecular weight excluding hydrogens is 386 g/mol. The van der Waals surface area contributed by atoms with Crippen molar-refractivity contribution in [3.63, 3.8) is 0 Å². The summed E-state index contributed by atoms with van der Waals surface area (Å²) in [6.45, 7) is 3.36. The number of nitrogens with zero attached hydrogens (tertiary/aromatic N) is 1. The van der Waals surface area contributed by atoms with E-state index in [9.17, 15) is 4.79 Å². The highest BCUT2D eigenvalue weighted by Gasteiger charge is 2.18. The van der Waals surface area contributed by atoms with Crippen molar-refractivity contribution >= 4 is 34.6 Å². The summed E-state index contributed by atoms with van der Waals surface area (Å²) in [6.07, 6.45) is 3.76. The van der Waals surface area contributed by atoms with Crippen LogP contribution in [0.5, 0.6) is 11.5 Å². The van der Waals surface area contributed by atoms with Crippen molar-refractivity contribution < 1.29 is 14.3 Å². The van der Waals surface area contributed by atoms with Gasteiger partial charge in [-0.15, -0.1) is 0 Å². The molecule has 7 heteroatoms. The molecule has 6 nitrogen and oxygen atoms in total. The maximum atomic E-state index is 12.5. The number of carbonyl (C=O) groups is 1. The average molecular weight is 414 g/mol. The second-order valence-electron chi connectivity index (χ2n) is 7.09. The van der Waals surface area contributed by atoms with E-state index in [0.717, 1.165) is 12.2 Å². The molecule has 0 radical (unpaired) electrons. The van der Waals surface area contributed by atoms with Crippen molar-refractivity contribution in [1.82, 2.24) is 5.32 Å². The number of hydrogen-bond donors (Lipinski definition) is 2. The van der Waals surface area contributed by atoms with Gasteiger partial charge in [-0.25, -0.2) is 0 Å². The van der Waals surface area contributed by atoms with Gasteiger partial charge in [0.05, 0.1) is 14.2 Å². The molecule has 0 bridgehead atoms. The van der Waals surface area contributed by atoms with Crippen molar-refractivity contribution in [2.75, 3.05) is 31.0 Å². The van der Waals surface area contributed by atoms with Crippen LogP contribution in [0.4, 0.5) is 11.4 Å². The molecule has 1 unspecified atom stereocenters. The third-order valence-corrected chi connectivity index (χ3v) is 5.30. The first-order chi connectivity index (χ1) is 14.0. The van der Waals surface area contributed by atoms with Gasteiger partial charge in [-0.1, -0.05) is 0 Å². The summed E-state index contributed by atoms with van der Waals surface area (Å²) in [5.74, 6) is 0.741. The molecule has 1 aliphatic heterocycles. The van der Waals surface area contributed by atoms with Crippen LogP contribution in [0.15, 0.2) is 42.5 Å². The van der Waals surface area contributed by atoms with Crippen molar-refractivity contribution in [2.45, 2.75) is 32.2 Å². The predicted octanol–water partition coefficient (Wildman–Crippen LogP) is 4.21. The summed E-state index contributed by atoms with van der Waals surface area (Å²) in [6, 6.07) is 13.7. The van der Waals surface area contributed by atoms with Crippen LogP contribution in [-0.4, -0.2) is 37.8 Å². The lowest BCUT2D eigenvalue weighted by Crippen LogP contribution is -2.37. The summed E-state index contributed by atoms with van der Waals surface area (Å²) in [5.41, 5.74) is 2.44. The predicted molar refractivity (Wildman–Crippen MR) is 120 cm³/mol. The number of hydrogen-bond acceptors (Lipinski definition) is 5. The molecule has 3 rings (SSSR count). The lowest BCUT2D eigenvalue weighted by atomic mass is 10.0. The van der Waals surface area contributed by atoms with Gasteiger partial charge in [0.2, 0.25) is 0 Å². The number of methoxy groups -OCH3 is 2. The van der Waals surface area contributed by atoms with Crippen LogP contribution in [0.25, 0.3) is 0 Å². The molecule has 1 atom stereocenters. The minimum Gasteiger partial charge on any atom is -0.497 e. The lowest BCUT2D eigenvalue weighted by Gasteiger charge is -2.35. The Morgan fingerprint density at radius 2 is 1.72 bits per heavy atom. The fourth-order valence-electron chi connectivity index (χ4n) is 3.49. The second-order valence-corrected chi connectivity index (χ2v) is 7.50. The van der Waals surface area contributed by atoms with Crippen LogP contribution in [0.3, 0.4) is 0 Å². The monoisotopic (exact) mass is 413 g/mol. The van der Waals surface area contributed by atoms with E-state index in [-0.39, 0.29) is 11.0 Å². The van der Waals surface area contributed by atoms with Crippen molar-refractivity contribution in [2.24, 2.45) is 0 Å². The third kappa shape index (κ3) is 5.38. The first-order valence-corrected chi connectivity index (χ1v) is 10.1. The molecule has 2 N–H and O–H groups in total. The molecule has 1 heterocycles. The summed E-state index contributed by atoms with van der Waals surface area (Å²) >= 11 is 5.30. The topological polar surface area (TPSA) is 62.8 Å². The minimum absolute atomic E-state index is 0.232. The smallest absolute Gasteiger partial charge is 0.257 e. The van der Waals surface area contributed by atoms with Gasteiger partial charge in [0.25, 0.3) is 5.91 Å². The van der Waals surface area contributed by atoms with Gasteiger partial charge in [-0.3, -0.25) is 10.1 Å². The lowest BCUT2D eigenvalue weighted by molar-refractivity contribution is 0.0977. The number of carbonyl (C=O) groups excluding carboxylic acids is 1. The Morgan fingerprint density at radius 1 is 1.07 bits per heavy atom. The second kappa shape index (κ2) is 9.60. The van der Waals surface area contributed by atoms with Gasteiger partial charge in [0.1, 0.15) is 11.5 Å². The van der Waals surface area contributed by atoms with Crippen LogP contribution >= 0.6 is 12.2 Å². The fourth-order valence-corrected chi connectivity index (χ4v) is 3.70. The Hall–Kier alpha value is -2.80. The van der Waals surface area contributed by atoms with Gasteiger partial charge in [0, 0.05) is 35.6 Å². The van der Waals surface area contributed by atoms with E-state index in [4.69, 9.17) is 21.7 Å². The summed E-state index contributed by atoms with van der Waals surface area (Å²) in [7, 11) is 3.08. The van der Waals surface area contributed by atoms with Crippen molar-refractivity contribution in [1.29, 1.82) is 0 Å². The molecule has 0 aromatic heterocycles. The molecule has 29 heavy (non-hydrogen) atoms. The first-order valence-electron chi connectivity index (χ1n) is 9.72. The van der Waals surface area contributed by atoms with Crippen LogP contribution in [0.2, 0.25) is 0 Å². The number of thiocarbonyl (C=S) groups is 1. The van der Waals surface area contributed by atoms with E-state index in [0.29, 0.717) is 23.1 Å². The summed E-state index contributed by atoms with van der Waals surface area (Å²) in [5, 5.41) is 5.98. The number of benzene rings is 2. The van der Waals surface area contributed by atoms with Crippen LogP contribution in [0, 0.1) is 0 Å². The molecule has 1 aliphatic rings. The van der Waals surface area contributed by atoms with Gasteiger partial charge in [-0.2, -0.15) is 0 Å². The fraction of sp³-hybridized carbons (Fsp3) is 0.364. The average Bonchev–Trinajstić information content (AvgIpc) is 2.74. The van der Waals surface area contributed by atoms with Crippen LogP contribution < -0.4 is 25.0 Å². The zero-order valence-electron chi connectivity index (χ0n) is 17.0. The van der Waals surface area contributed by atoms with Gasteiger partial charge in [0.15, 0.2) is 5.11 Å². The zero-order valence-corrected chi connectivity index (χ0v) is 17.8. The van der Waals surface area contributed by atoms with E-state index >= 15 is 0 Å². The summed E-state index contributed by atoms with van der Waals surface area (Å²) in [4.78, 5) is 15.0. The van der Waals surface area contributed by atoms with Gasteiger partial charge >= 0.3 is 0 Å². The molecule has 154 valence electrons. The highest BCUT2D eigenvalue weighted by atomic mass is 32.1. The molecule has 1 fully saturated rings. The molecule has 1 amide bonds. The van der Waals surface area contributed by atoms with E-state index < -0.39 is 0 Å². The Kier molecular flexibility index (Phi) is 6.93. The van der Waals surface area contributed by atoms with Crippen LogP contribution in [0.1, 0.15) is 36.5 Å². The van der Waals surface area contributed by atoms with E-state index in [1.165, 1.54) is 39.2 Å². The highest BCUT2D eigenvalue weighted by molar-refractivity contribution is 7.80. The molecule has 2 aromatic carbocycles. The minimum atomic E-state index is -0.335. The maximum Gasteiger partial charge on any atom is 0.257 e. The SMILES string of the molecule is COc1cc(OC)cc(C(=O)NC(=S)Nc2ccc(N3CCCCC3C)cc2)c1. The molecule has 1 saturated heterocycles. The van der Waals surface area contributed by atoms with E-state index in [2.05, 4.69) is 34.6 Å². The Balaban J connectivity index is 1.61. The van der Waals surface area contributed by atoms with Crippen molar-refractivity contribution in [3.05, 3.63) is 48.0 Å². The molecule has 0 spiro atoms. The summed E-state index contributed by atoms with van der Waals surface area (Å²) < 4.78 is 10.4. The van der Waals surface area contributed by atoms with E-state index in [1.807, 2.05) is 12.1 Å². The highest BCUT2D eigenvalue weighted by Crippen LogP contribution is 2.26. The normalized spacial score (nSPS) is 16.1. The largest absolute Gasteiger partial charge is 0.497 e.